The van der Waals surface area contributed by atoms with E-state index in [1.54, 1.807) is 12.1 Å². The molecule has 1 N–H and O–H groups in total. The largest absolute Gasteiger partial charge is 0.352 e. The summed E-state index contributed by atoms with van der Waals surface area (Å²) >= 11 is 3.36. The summed E-state index contributed by atoms with van der Waals surface area (Å²) in [6.07, 6.45) is 4.82. The first-order valence-electron chi connectivity index (χ1n) is 8.40. The normalized spacial score (nSPS) is 24.0. The number of aromatic nitrogens is 2. The summed E-state index contributed by atoms with van der Waals surface area (Å²) in [5, 5.41) is 3.61. The summed E-state index contributed by atoms with van der Waals surface area (Å²) < 4.78 is 2.20. The van der Waals surface area contributed by atoms with Crippen molar-refractivity contribution in [3.05, 3.63) is 39.4 Å². The van der Waals surface area contributed by atoms with Crippen LogP contribution in [0.5, 0.6) is 0 Å². The van der Waals surface area contributed by atoms with E-state index in [2.05, 4.69) is 40.1 Å². The molecule has 1 amide bonds. The van der Waals surface area contributed by atoms with Crippen molar-refractivity contribution in [2.24, 2.45) is 11.8 Å². The van der Waals surface area contributed by atoms with Crippen LogP contribution in [0.25, 0.3) is 10.9 Å². The van der Waals surface area contributed by atoms with Gasteiger partial charge in [0.15, 0.2) is 0 Å². The van der Waals surface area contributed by atoms with Crippen LogP contribution in [0.4, 0.5) is 0 Å². The maximum atomic E-state index is 12.5. The second-order valence-corrected chi connectivity index (χ2v) is 7.70. The average Bonchev–Trinajstić information content (AvgIpc) is 2.55. The van der Waals surface area contributed by atoms with Crippen molar-refractivity contribution in [2.75, 3.05) is 0 Å². The second kappa shape index (κ2) is 7.05. The van der Waals surface area contributed by atoms with Gasteiger partial charge in [0.05, 0.1) is 17.2 Å². The molecule has 3 unspecified atom stereocenters. The summed E-state index contributed by atoms with van der Waals surface area (Å²) in [6.45, 7) is 4.43. The predicted octanol–water partition coefficient (Wildman–Crippen LogP) is 3.10. The van der Waals surface area contributed by atoms with Crippen LogP contribution < -0.4 is 10.9 Å². The van der Waals surface area contributed by atoms with E-state index in [9.17, 15) is 9.59 Å². The van der Waals surface area contributed by atoms with Crippen LogP contribution in [0.15, 0.2) is 33.8 Å². The molecule has 6 heteroatoms. The highest BCUT2D eigenvalue weighted by Crippen LogP contribution is 2.29. The van der Waals surface area contributed by atoms with Crippen LogP contribution in [0.1, 0.15) is 33.1 Å². The Morgan fingerprint density at radius 2 is 2.17 bits per heavy atom. The molecule has 128 valence electrons. The molecular formula is C18H22BrN3O2. The summed E-state index contributed by atoms with van der Waals surface area (Å²) in [6, 6.07) is 5.57. The minimum atomic E-state index is -0.193. The number of benzene rings is 1. The molecule has 0 aliphatic heterocycles. The smallest absolute Gasteiger partial charge is 0.261 e. The molecule has 1 aliphatic rings. The van der Waals surface area contributed by atoms with Gasteiger partial charge in [0, 0.05) is 10.5 Å². The van der Waals surface area contributed by atoms with Gasteiger partial charge in [0.1, 0.15) is 6.54 Å². The molecule has 2 aromatic rings. The van der Waals surface area contributed by atoms with Gasteiger partial charge in [-0.05, 0) is 36.5 Å². The van der Waals surface area contributed by atoms with Crippen LogP contribution >= 0.6 is 15.9 Å². The van der Waals surface area contributed by atoms with E-state index in [0.717, 1.165) is 17.3 Å². The van der Waals surface area contributed by atoms with E-state index < -0.39 is 0 Å². The fraction of sp³-hybridized carbons (Fsp3) is 0.500. The highest BCUT2D eigenvalue weighted by atomic mass is 79.9. The van der Waals surface area contributed by atoms with Gasteiger partial charge in [-0.15, -0.1) is 0 Å². The van der Waals surface area contributed by atoms with Crippen LogP contribution in [0.3, 0.4) is 0 Å². The van der Waals surface area contributed by atoms with Gasteiger partial charge in [0.25, 0.3) is 5.56 Å². The molecule has 5 nitrogen and oxygen atoms in total. The zero-order valence-corrected chi connectivity index (χ0v) is 15.5. The van der Waals surface area contributed by atoms with E-state index in [1.165, 1.54) is 17.3 Å². The maximum absolute atomic E-state index is 12.5. The lowest BCUT2D eigenvalue weighted by Gasteiger charge is -2.34. The van der Waals surface area contributed by atoms with Crippen LogP contribution in [0.2, 0.25) is 0 Å². The predicted molar refractivity (Wildman–Crippen MR) is 97.8 cm³/mol. The van der Waals surface area contributed by atoms with Crippen molar-refractivity contribution in [3.63, 3.8) is 0 Å². The first kappa shape index (κ1) is 17.1. The van der Waals surface area contributed by atoms with Gasteiger partial charge in [-0.3, -0.25) is 14.2 Å². The average molecular weight is 392 g/mol. The van der Waals surface area contributed by atoms with Gasteiger partial charge in [-0.2, -0.15) is 0 Å². The Balaban J connectivity index is 1.76. The van der Waals surface area contributed by atoms with Crippen molar-refractivity contribution in [2.45, 2.75) is 45.7 Å². The minimum absolute atomic E-state index is 0.00584. The van der Waals surface area contributed by atoms with E-state index in [1.807, 2.05) is 6.07 Å². The quantitative estimate of drug-likeness (QED) is 0.873. The Kier molecular flexibility index (Phi) is 5.04. The van der Waals surface area contributed by atoms with Gasteiger partial charge < -0.3 is 5.32 Å². The zero-order chi connectivity index (χ0) is 17.3. The molecule has 0 spiro atoms. The summed E-state index contributed by atoms with van der Waals surface area (Å²) in [7, 11) is 0. The first-order chi connectivity index (χ1) is 11.5. The third-order valence-corrected chi connectivity index (χ3v) is 5.65. The van der Waals surface area contributed by atoms with Crippen molar-refractivity contribution in [3.8, 4) is 0 Å². The maximum Gasteiger partial charge on any atom is 0.261 e. The van der Waals surface area contributed by atoms with Crippen LogP contribution in [-0.2, 0) is 11.3 Å². The summed E-state index contributed by atoms with van der Waals surface area (Å²) in [4.78, 5) is 29.2. The fourth-order valence-corrected chi connectivity index (χ4v) is 3.80. The molecule has 0 radical (unpaired) electrons. The van der Waals surface area contributed by atoms with Crippen molar-refractivity contribution >= 4 is 32.7 Å². The first-order valence-corrected chi connectivity index (χ1v) is 9.19. The lowest BCUT2D eigenvalue weighted by Crippen LogP contribution is -2.45. The zero-order valence-electron chi connectivity index (χ0n) is 14.0. The SMILES string of the molecule is CC1CCCC(NC(=O)Cn2cnc3ccc(Br)cc3c2=O)C1C. The molecule has 1 aromatic carbocycles. The molecule has 1 fully saturated rings. The molecule has 24 heavy (non-hydrogen) atoms. The monoisotopic (exact) mass is 391 g/mol. The van der Waals surface area contributed by atoms with Gasteiger partial charge >= 0.3 is 0 Å². The number of fused-ring (bicyclic) bond motifs is 1. The Morgan fingerprint density at radius 1 is 1.38 bits per heavy atom. The molecule has 3 rings (SSSR count). The van der Waals surface area contributed by atoms with Crippen LogP contribution in [-0.4, -0.2) is 21.5 Å². The number of hydrogen-bond donors (Lipinski definition) is 1. The van der Waals surface area contributed by atoms with Gasteiger partial charge in [-0.1, -0.05) is 42.6 Å². The molecule has 1 aromatic heterocycles. The number of nitrogens with one attached hydrogen (secondary N) is 1. The van der Waals surface area contributed by atoms with Crippen LogP contribution in [0, 0.1) is 11.8 Å². The topological polar surface area (TPSA) is 64.0 Å². The minimum Gasteiger partial charge on any atom is -0.352 e. The molecular weight excluding hydrogens is 370 g/mol. The van der Waals surface area contributed by atoms with Crippen molar-refractivity contribution < 1.29 is 4.79 Å². The highest BCUT2D eigenvalue weighted by Gasteiger charge is 2.28. The van der Waals surface area contributed by atoms with Crippen molar-refractivity contribution in [1.82, 2.24) is 14.9 Å². The summed E-state index contributed by atoms with van der Waals surface area (Å²) in [5.41, 5.74) is 0.441. The van der Waals surface area contributed by atoms with Crippen molar-refractivity contribution in [1.29, 1.82) is 0 Å². The third kappa shape index (κ3) is 3.53. The number of carbonyl (C=O) groups is 1. The Bertz CT molecular complexity index is 818. The van der Waals surface area contributed by atoms with E-state index in [-0.39, 0.29) is 24.1 Å². The van der Waals surface area contributed by atoms with E-state index in [0.29, 0.717) is 22.7 Å². The number of halogens is 1. The number of nitrogens with zero attached hydrogens (tertiary/aromatic N) is 2. The van der Waals surface area contributed by atoms with Gasteiger partial charge in [-0.25, -0.2) is 4.98 Å². The Labute approximate surface area is 149 Å². The van der Waals surface area contributed by atoms with E-state index >= 15 is 0 Å². The number of hydrogen-bond acceptors (Lipinski definition) is 3. The second-order valence-electron chi connectivity index (χ2n) is 6.78. The van der Waals surface area contributed by atoms with E-state index in [4.69, 9.17) is 0 Å². The molecule has 0 bridgehead atoms. The highest BCUT2D eigenvalue weighted by molar-refractivity contribution is 9.10. The lowest BCUT2D eigenvalue weighted by atomic mass is 9.78. The molecule has 1 heterocycles. The standard InChI is InChI=1S/C18H22BrN3O2/c1-11-4-3-5-15(12(11)2)21-17(23)9-22-10-20-16-7-6-13(19)8-14(16)18(22)24/h6-8,10-12,15H,3-5,9H2,1-2H3,(H,21,23). The number of amides is 1. The fourth-order valence-electron chi connectivity index (χ4n) is 3.44. The Hall–Kier alpha value is -1.69. The Morgan fingerprint density at radius 3 is 2.96 bits per heavy atom. The molecule has 0 saturated heterocycles. The molecule has 3 atom stereocenters. The number of rotatable bonds is 3. The summed E-state index contributed by atoms with van der Waals surface area (Å²) in [5.74, 6) is 0.954. The number of carbonyl (C=O) groups excluding carboxylic acids is 1. The van der Waals surface area contributed by atoms with Gasteiger partial charge in [0.2, 0.25) is 5.91 Å². The third-order valence-electron chi connectivity index (χ3n) is 5.15. The molecule has 1 saturated carbocycles. The lowest BCUT2D eigenvalue weighted by molar-refractivity contribution is -0.123. The molecule has 1 aliphatic carbocycles.